The molecule has 17 nitrogen and oxygen atoms in total. The van der Waals surface area contributed by atoms with E-state index in [-0.39, 0.29) is 34.2 Å². The van der Waals surface area contributed by atoms with Crippen LogP contribution in [0.15, 0.2) is 146 Å². The lowest BCUT2D eigenvalue weighted by atomic mass is 9.89. The van der Waals surface area contributed by atoms with Gasteiger partial charge in [0.1, 0.15) is 34.0 Å². The number of unbranched alkanes of at least 4 members (excludes halogenated alkanes) is 11. The minimum Gasteiger partial charge on any atom is -0.382 e. The van der Waals surface area contributed by atoms with Crippen molar-refractivity contribution in [2.75, 3.05) is 11.5 Å². The van der Waals surface area contributed by atoms with Crippen molar-refractivity contribution in [1.82, 2.24) is 58.7 Å². The monoisotopic (exact) mass is 1570 g/mol. The van der Waals surface area contributed by atoms with Gasteiger partial charge < -0.3 is 40.3 Å². The number of aromatic nitrogens is 9. The molecule has 6 aromatic heterocycles. The molecule has 0 fully saturated rings. The lowest BCUT2D eigenvalue weighted by Crippen LogP contribution is -2.45. The number of aryl methyl sites for hydroxylation is 3. The predicted molar refractivity (Wildman–Crippen MR) is 484 cm³/mol. The zero-order valence-corrected chi connectivity index (χ0v) is 72.9. The molecule has 5 N–H and O–H groups in total. The van der Waals surface area contributed by atoms with Gasteiger partial charge in [0.25, 0.3) is 0 Å². The molecule has 0 atom stereocenters. The smallest absolute Gasteiger partial charge is 0.223 e. The first-order chi connectivity index (χ1) is 55.7. The second-order valence-corrected chi connectivity index (χ2v) is 35.2. The number of nitrogens with two attached hydrogens (primary N) is 2. The van der Waals surface area contributed by atoms with E-state index in [0.717, 1.165) is 210 Å². The fourth-order valence-corrected chi connectivity index (χ4v) is 15.5. The SMILES string of the molecule is CCCCCC(=O)N(Cc1ccc(Cn2c(CCCC)nc3c(N)nc4ccccc4c32)cc1)C(C)(C)C.CCCCCCC(=O)N(Cc1ccc(Cn2c(CCCC)nc3c(N)nc4ccccc4c32)cc1)C(C)(C)C.CCCCCCC(=O)NCc1ccc(Cn2c(CCCC)nc3c(CC(C)(C)C)nc4ccccc4c32)cc1. The van der Waals surface area contributed by atoms with Crippen molar-refractivity contribution in [2.24, 2.45) is 5.41 Å². The third kappa shape index (κ3) is 23.6. The molecule has 3 amide bonds. The van der Waals surface area contributed by atoms with Crippen LogP contribution in [0.2, 0.25) is 0 Å². The number of rotatable bonds is 36. The average Bonchev–Trinajstić information content (AvgIpc) is 1.61. The van der Waals surface area contributed by atoms with Gasteiger partial charge in [-0.15, -0.1) is 0 Å². The number of hydrogen-bond donors (Lipinski definition) is 3. The molecule has 0 saturated carbocycles. The van der Waals surface area contributed by atoms with Crippen LogP contribution in [0, 0.1) is 5.41 Å². The second-order valence-electron chi connectivity index (χ2n) is 35.2. The van der Waals surface area contributed by atoms with Gasteiger partial charge >= 0.3 is 0 Å². The molecule has 0 aliphatic carbocycles. The standard InChI is InChI=1S/C34H46N4O.C33H45N5O.C32H43N5O/c1-6-8-10-11-17-31(39)35-23-25-18-20-26(21-19-25)24-38-30(16-9-7-2)37-32-29(22-34(3,4)5)36-28-15-13-12-14-27(28)33(32)38;1-6-8-10-11-17-29(39)38(33(3,4)5)23-25-20-18-24(19-21-25)22-37-28(16-9-7-2)36-30-31(37)26-14-12-13-15-27(26)35-32(30)34;1-6-8-10-16-28(38)37(32(3,4)5)22-24-19-17-23(18-20-24)21-36-27(15-9-7-2)35-29-30(36)25-13-11-12-14-26(25)34-31(29)33/h12-15,18-21H,6-11,16-17,22-24H2,1-5H3,(H,35,39);12-15,18-21H,6-11,16-17,22-23H2,1-5H3,(H2,34,35);11-14,17-20H,6-10,15-16,21-22H2,1-5H3,(H2,33,34). The number of imidazole rings is 3. The fourth-order valence-electron chi connectivity index (χ4n) is 15.5. The quantitative estimate of drug-likeness (QED) is 0.0314. The maximum absolute atomic E-state index is 13.1. The van der Waals surface area contributed by atoms with Gasteiger partial charge in [-0.3, -0.25) is 19.4 Å². The second kappa shape index (κ2) is 41.7. The summed E-state index contributed by atoms with van der Waals surface area (Å²) in [6, 6.07) is 50.8. The number of para-hydroxylation sites is 3. The van der Waals surface area contributed by atoms with Crippen molar-refractivity contribution in [1.29, 1.82) is 0 Å². The normalized spacial score (nSPS) is 11.9. The summed E-state index contributed by atoms with van der Waals surface area (Å²) < 4.78 is 7.06. The van der Waals surface area contributed by atoms with Crippen LogP contribution in [0.5, 0.6) is 0 Å². The molecular formula is C99H134N14O3. The number of pyridine rings is 3. The Balaban J connectivity index is 0.000000184. The van der Waals surface area contributed by atoms with Crippen molar-refractivity contribution >= 4 is 95.2 Å². The highest BCUT2D eigenvalue weighted by atomic mass is 16.2. The van der Waals surface area contributed by atoms with E-state index < -0.39 is 0 Å². The number of amides is 3. The van der Waals surface area contributed by atoms with Crippen molar-refractivity contribution in [3.05, 3.63) is 202 Å². The van der Waals surface area contributed by atoms with Crippen LogP contribution < -0.4 is 16.8 Å². The number of anilines is 2. The minimum absolute atomic E-state index is 0.122. The van der Waals surface area contributed by atoms with Gasteiger partial charge in [0.05, 0.1) is 38.8 Å². The summed E-state index contributed by atoms with van der Waals surface area (Å²) in [5.41, 5.74) is 29.3. The van der Waals surface area contributed by atoms with Crippen LogP contribution in [0.4, 0.5) is 11.6 Å². The fraction of sp³-hybridized carbons (Fsp3) is 0.485. The van der Waals surface area contributed by atoms with Gasteiger partial charge in [0.15, 0.2) is 11.6 Å². The number of hydrogen-bond acceptors (Lipinski definition) is 11. The summed E-state index contributed by atoms with van der Waals surface area (Å²) in [6.07, 6.45) is 24.2. The number of fused-ring (bicyclic) bond motifs is 9. The molecule has 116 heavy (non-hydrogen) atoms. The Morgan fingerprint density at radius 3 is 1.05 bits per heavy atom. The molecule has 0 spiro atoms. The largest absolute Gasteiger partial charge is 0.382 e. The van der Waals surface area contributed by atoms with E-state index in [1.54, 1.807) is 0 Å². The molecule has 12 rings (SSSR count). The van der Waals surface area contributed by atoms with Gasteiger partial charge in [-0.25, -0.2) is 24.9 Å². The summed E-state index contributed by atoms with van der Waals surface area (Å²) in [7, 11) is 0. The molecule has 618 valence electrons. The lowest BCUT2D eigenvalue weighted by Gasteiger charge is -2.36. The highest BCUT2D eigenvalue weighted by molar-refractivity contribution is 6.08. The minimum atomic E-state index is -0.223. The molecule has 0 saturated heterocycles. The van der Waals surface area contributed by atoms with Gasteiger partial charge in [0, 0.05) is 105 Å². The molecule has 12 aromatic rings. The third-order valence-electron chi connectivity index (χ3n) is 22.1. The molecule has 17 heteroatoms. The molecule has 6 aromatic carbocycles. The Labute approximate surface area is 691 Å². The Morgan fingerprint density at radius 1 is 0.362 bits per heavy atom. The van der Waals surface area contributed by atoms with Gasteiger partial charge in [-0.1, -0.05) is 260 Å². The molecule has 0 aliphatic heterocycles. The molecule has 0 bridgehead atoms. The summed E-state index contributed by atoms with van der Waals surface area (Å²) in [5.74, 6) is 4.82. The number of carbonyl (C=O) groups excluding carboxylic acids is 3. The maximum atomic E-state index is 13.1. The topological polar surface area (TPSA) is 214 Å². The number of nitrogens with zero attached hydrogens (tertiary/aromatic N) is 11. The highest BCUT2D eigenvalue weighted by Gasteiger charge is 2.29. The first-order valence-corrected chi connectivity index (χ1v) is 43.7. The molecular weight excluding hydrogens is 1430 g/mol. The van der Waals surface area contributed by atoms with E-state index in [4.69, 9.17) is 31.4 Å². The van der Waals surface area contributed by atoms with Gasteiger partial charge in [0.2, 0.25) is 17.7 Å². The van der Waals surface area contributed by atoms with Gasteiger partial charge in [-0.05, 0) is 143 Å². The van der Waals surface area contributed by atoms with Crippen molar-refractivity contribution in [2.45, 2.75) is 308 Å². The van der Waals surface area contributed by atoms with E-state index in [0.29, 0.717) is 63.6 Å². The van der Waals surface area contributed by atoms with Crippen LogP contribution >= 0.6 is 0 Å². The van der Waals surface area contributed by atoms with Crippen LogP contribution in [-0.2, 0) is 79.3 Å². The summed E-state index contributed by atoms with van der Waals surface area (Å²) in [6.45, 7) is 36.7. The van der Waals surface area contributed by atoms with Crippen LogP contribution in [0.3, 0.4) is 0 Å². The van der Waals surface area contributed by atoms with Crippen LogP contribution in [-0.4, -0.2) is 82.2 Å². The molecule has 0 unspecified atom stereocenters. The number of carbonyl (C=O) groups is 3. The predicted octanol–water partition coefficient (Wildman–Crippen LogP) is 23.1. The molecule has 0 radical (unpaired) electrons. The summed E-state index contributed by atoms with van der Waals surface area (Å²) in [4.78, 5) is 71.9. The number of nitrogen functional groups attached to an aromatic ring is 2. The lowest BCUT2D eigenvalue weighted by molar-refractivity contribution is -0.137. The molecule has 6 heterocycles. The van der Waals surface area contributed by atoms with E-state index in [1.807, 2.05) is 46.2 Å². The summed E-state index contributed by atoms with van der Waals surface area (Å²) >= 11 is 0. The summed E-state index contributed by atoms with van der Waals surface area (Å²) in [5, 5.41) is 6.40. The first-order valence-electron chi connectivity index (χ1n) is 43.7. The Morgan fingerprint density at radius 2 is 0.681 bits per heavy atom. The van der Waals surface area contributed by atoms with Crippen molar-refractivity contribution < 1.29 is 14.4 Å². The number of nitrogens with one attached hydrogen (secondary N) is 1. The van der Waals surface area contributed by atoms with Gasteiger partial charge in [-0.2, -0.15) is 0 Å². The Hall–Kier alpha value is -10.0. The zero-order valence-electron chi connectivity index (χ0n) is 72.9. The van der Waals surface area contributed by atoms with E-state index in [9.17, 15) is 14.4 Å². The van der Waals surface area contributed by atoms with Crippen LogP contribution in [0.1, 0.15) is 289 Å². The third-order valence-corrected chi connectivity index (χ3v) is 22.1. The zero-order chi connectivity index (χ0) is 83.1. The Kier molecular flexibility index (Phi) is 31.8. The van der Waals surface area contributed by atoms with E-state index in [1.165, 1.54) is 53.3 Å². The molecule has 0 aliphatic rings. The highest BCUT2D eigenvalue weighted by Crippen LogP contribution is 2.36. The van der Waals surface area contributed by atoms with E-state index in [2.05, 4.69) is 242 Å². The number of benzene rings is 6. The van der Waals surface area contributed by atoms with E-state index >= 15 is 0 Å². The Bertz CT molecular complexity index is 5180. The average molecular weight is 1570 g/mol. The first kappa shape index (κ1) is 88.3. The maximum Gasteiger partial charge on any atom is 0.223 e. The van der Waals surface area contributed by atoms with Crippen molar-refractivity contribution in [3.8, 4) is 0 Å². The van der Waals surface area contributed by atoms with Crippen LogP contribution in [0.25, 0.3) is 65.8 Å². The van der Waals surface area contributed by atoms with Crippen molar-refractivity contribution in [3.63, 3.8) is 0 Å².